The first kappa shape index (κ1) is 19.3. The van der Waals surface area contributed by atoms with E-state index in [-0.39, 0.29) is 11.2 Å². The van der Waals surface area contributed by atoms with Crippen LogP contribution in [0.4, 0.5) is 8.78 Å². The Morgan fingerprint density at radius 3 is 2.76 bits per heavy atom. The van der Waals surface area contributed by atoms with Gasteiger partial charge in [0.2, 0.25) is 0 Å². The van der Waals surface area contributed by atoms with Crippen molar-refractivity contribution < 1.29 is 18.3 Å². The number of carbonyl (C=O) groups excluding carboxylic acids is 1. The molecule has 0 spiro atoms. The highest BCUT2D eigenvalue weighted by Crippen LogP contribution is 2.24. The second-order valence-corrected chi connectivity index (χ2v) is 5.98. The average molecular weight is 369 g/mol. The number of nitrogens with one attached hydrogen (secondary N) is 1. The fourth-order valence-electron chi connectivity index (χ4n) is 2.40. The van der Waals surface area contributed by atoms with E-state index in [2.05, 4.69) is 10.3 Å². The number of carbonyl (C=O) groups is 1. The number of aldehydes is 1. The van der Waals surface area contributed by atoms with Gasteiger partial charge in [0.1, 0.15) is 17.5 Å². The fourth-order valence-corrected chi connectivity index (χ4v) is 2.63. The zero-order valence-electron chi connectivity index (χ0n) is 13.9. The zero-order chi connectivity index (χ0) is 18.4. The smallest absolute Gasteiger partial charge is 0.272 e. The van der Waals surface area contributed by atoms with Crippen molar-refractivity contribution >= 4 is 17.9 Å². The lowest BCUT2D eigenvalue weighted by Gasteiger charge is -2.17. The van der Waals surface area contributed by atoms with Crippen molar-refractivity contribution in [3.8, 4) is 5.75 Å². The van der Waals surface area contributed by atoms with Crippen LogP contribution in [0.5, 0.6) is 5.75 Å². The highest BCUT2D eigenvalue weighted by molar-refractivity contribution is 6.30. The van der Waals surface area contributed by atoms with Crippen molar-refractivity contribution in [1.29, 1.82) is 0 Å². The minimum atomic E-state index is -2.50. The van der Waals surface area contributed by atoms with Crippen LogP contribution in [-0.2, 0) is 6.54 Å². The first-order valence-corrected chi connectivity index (χ1v) is 8.13. The van der Waals surface area contributed by atoms with Gasteiger partial charge < -0.3 is 10.1 Å². The first-order chi connectivity index (χ1) is 11.9. The Bertz CT molecular complexity index is 741. The van der Waals surface area contributed by atoms with Crippen LogP contribution in [0.2, 0.25) is 5.15 Å². The van der Waals surface area contributed by atoms with Crippen molar-refractivity contribution in [2.24, 2.45) is 0 Å². The molecule has 7 heteroatoms. The number of alkyl halides is 2. The van der Waals surface area contributed by atoms with Gasteiger partial charge in [-0.25, -0.2) is 13.8 Å². The maximum atomic E-state index is 12.2. The van der Waals surface area contributed by atoms with E-state index in [1.807, 2.05) is 19.1 Å². The second-order valence-electron chi connectivity index (χ2n) is 5.62. The largest absolute Gasteiger partial charge is 0.487 e. The highest BCUT2D eigenvalue weighted by Gasteiger charge is 2.12. The van der Waals surface area contributed by atoms with Gasteiger partial charge in [-0.15, -0.1) is 0 Å². The molecule has 2 aromatic rings. The quantitative estimate of drug-likeness (QED) is 0.556. The molecule has 0 amide bonds. The molecule has 134 valence electrons. The minimum Gasteiger partial charge on any atom is -0.487 e. The Kier molecular flexibility index (Phi) is 6.84. The zero-order valence-corrected chi connectivity index (χ0v) is 14.7. The van der Waals surface area contributed by atoms with E-state index >= 15 is 0 Å². The van der Waals surface area contributed by atoms with E-state index in [1.165, 1.54) is 6.20 Å². The maximum absolute atomic E-state index is 12.2. The molecule has 4 nitrogen and oxygen atoms in total. The van der Waals surface area contributed by atoms with Crippen molar-refractivity contribution in [2.45, 2.75) is 32.9 Å². The van der Waals surface area contributed by atoms with Gasteiger partial charge in [-0.1, -0.05) is 23.7 Å². The van der Waals surface area contributed by atoms with Gasteiger partial charge in [0.25, 0.3) is 6.43 Å². The molecule has 1 unspecified atom stereocenters. The predicted molar refractivity (Wildman–Crippen MR) is 92.6 cm³/mol. The first-order valence-electron chi connectivity index (χ1n) is 7.75. The highest BCUT2D eigenvalue weighted by atomic mass is 35.5. The van der Waals surface area contributed by atoms with Gasteiger partial charge in [-0.2, -0.15) is 0 Å². The Hall–Kier alpha value is -2.05. The third-order valence-corrected chi connectivity index (χ3v) is 4.14. The third-order valence-electron chi connectivity index (χ3n) is 3.82. The van der Waals surface area contributed by atoms with Crippen molar-refractivity contribution in [2.75, 3.05) is 6.61 Å². The summed E-state index contributed by atoms with van der Waals surface area (Å²) >= 11 is 6.06. The lowest BCUT2D eigenvalue weighted by molar-refractivity contribution is 0.0815. The molecule has 25 heavy (non-hydrogen) atoms. The molecular formula is C18H19ClF2N2O2. The Balaban J connectivity index is 2.05. The Morgan fingerprint density at radius 2 is 2.12 bits per heavy atom. The summed E-state index contributed by atoms with van der Waals surface area (Å²) < 4.78 is 29.6. The standard InChI is InChI=1S/C18H19ClF2N2O2/c1-11-7-13(3-4-16(11)25-10-17(20)21)12(2)23-8-15-14(9-24)5-6-22-18(15)19/h3-7,9,12,17,23H,8,10H2,1-2H3. The minimum absolute atomic E-state index is 0.0429. The van der Waals surface area contributed by atoms with Crippen LogP contribution < -0.4 is 10.1 Å². The summed E-state index contributed by atoms with van der Waals surface area (Å²) in [5, 5.41) is 3.57. The molecule has 1 N–H and O–H groups in total. The molecule has 0 aliphatic heterocycles. The van der Waals surface area contributed by atoms with Crippen LogP contribution in [0.15, 0.2) is 30.5 Å². The van der Waals surface area contributed by atoms with Crippen LogP contribution in [0.3, 0.4) is 0 Å². The summed E-state index contributed by atoms with van der Waals surface area (Å²) in [6.45, 7) is 3.52. The van der Waals surface area contributed by atoms with E-state index in [1.54, 1.807) is 19.1 Å². The van der Waals surface area contributed by atoms with Crippen LogP contribution >= 0.6 is 11.6 Å². The molecule has 0 radical (unpaired) electrons. The molecule has 1 heterocycles. The SMILES string of the molecule is Cc1cc(C(C)NCc2c(C=O)ccnc2Cl)ccc1OCC(F)F. The Morgan fingerprint density at radius 1 is 1.36 bits per heavy atom. The number of pyridine rings is 1. The topological polar surface area (TPSA) is 51.2 Å². The van der Waals surface area contributed by atoms with E-state index < -0.39 is 13.0 Å². The van der Waals surface area contributed by atoms with Gasteiger partial charge >= 0.3 is 0 Å². The van der Waals surface area contributed by atoms with Crippen molar-refractivity contribution in [3.05, 3.63) is 57.9 Å². The fraction of sp³-hybridized carbons (Fsp3) is 0.333. The van der Waals surface area contributed by atoms with E-state index in [0.29, 0.717) is 23.4 Å². The average Bonchev–Trinajstić information content (AvgIpc) is 2.58. The monoisotopic (exact) mass is 368 g/mol. The molecule has 2 rings (SSSR count). The molecular weight excluding hydrogens is 350 g/mol. The predicted octanol–water partition coefficient (Wildman–Crippen LogP) is 4.35. The number of ether oxygens (including phenoxy) is 1. The summed E-state index contributed by atoms with van der Waals surface area (Å²) in [4.78, 5) is 15.1. The van der Waals surface area contributed by atoms with Gasteiger partial charge in [-0.3, -0.25) is 4.79 Å². The number of nitrogens with zero attached hydrogens (tertiary/aromatic N) is 1. The summed E-state index contributed by atoms with van der Waals surface area (Å²) in [6.07, 6.45) is -0.273. The molecule has 0 saturated heterocycles. The van der Waals surface area contributed by atoms with Gasteiger partial charge in [0, 0.05) is 29.9 Å². The van der Waals surface area contributed by atoms with Crippen LogP contribution in [0, 0.1) is 6.92 Å². The van der Waals surface area contributed by atoms with E-state index in [0.717, 1.165) is 17.4 Å². The molecule has 0 saturated carbocycles. The molecule has 1 aromatic heterocycles. The number of hydrogen-bond acceptors (Lipinski definition) is 4. The van der Waals surface area contributed by atoms with E-state index in [4.69, 9.17) is 16.3 Å². The number of halogens is 3. The van der Waals surface area contributed by atoms with Crippen molar-refractivity contribution in [3.63, 3.8) is 0 Å². The summed E-state index contributed by atoms with van der Waals surface area (Å²) in [6, 6.07) is 6.94. The molecule has 0 fully saturated rings. The summed E-state index contributed by atoms with van der Waals surface area (Å²) in [7, 11) is 0. The lowest BCUT2D eigenvalue weighted by Crippen LogP contribution is -2.19. The van der Waals surface area contributed by atoms with Crippen LogP contribution in [-0.4, -0.2) is 24.3 Å². The van der Waals surface area contributed by atoms with Crippen LogP contribution in [0.1, 0.15) is 40.0 Å². The normalized spacial score (nSPS) is 12.2. The molecule has 0 aliphatic carbocycles. The molecule has 1 aromatic carbocycles. The maximum Gasteiger partial charge on any atom is 0.272 e. The van der Waals surface area contributed by atoms with Crippen LogP contribution in [0.25, 0.3) is 0 Å². The van der Waals surface area contributed by atoms with Gasteiger partial charge in [-0.05, 0) is 37.1 Å². The number of benzene rings is 1. The number of rotatable bonds is 8. The van der Waals surface area contributed by atoms with Crippen molar-refractivity contribution in [1.82, 2.24) is 10.3 Å². The molecule has 0 aliphatic rings. The molecule has 1 atom stereocenters. The second kappa shape index (κ2) is 8.87. The lowest BCUT2D eigenvalue weighted by atomic mass is 10.0. The third kappa shape index (κ3) is 5.21. The molecule has 0 bridgehead atoms. The van der Waals surface area contributed by atoms with Gasteiger partial charge in [0.05, 0.1) is 0 Å². The summed E-state index contributed by atoms with van der Waals surface area (Å²) in [5.41, 5.74) is 2.88. The van der Waals surface area contributed by atoms with Gasteiger partial charge in [0.15, 0.2) is 6.29 Å². The van der Waals surface area contributed by atoms with E-state index in [9.17, 15) is 13.6 Å². The summed E-state index contributed by atoms with van der Waals surface area (Å²) in [5.74, 6) is 0.440. The number of aryl methyl sites for hydroxylation is 1. The number of aromatic nitrogens is 1. The number of hydrogen-bond donors (Lipinski definition) is 1. The Labute approximate surface area is 150 Å².